The van der Waals surface area contributed by atoms with Gasteiger partial charge in [-0.2, -0.15) is 0 Å². The summed E-state index contributed by atoms with van der Waals surface area (Å²) in [6.07, 6.45) is 4.43. The fourth-order valence-electron chi connectivity index (χ4n) is 3.74. The van der Waals surface area contributed by atoms with Crippen molar-refractivity contribution in [3.8, 4) is 5.75 Å². The van der Waals surface area contributed by atoms with Crippen LogP contribution in [-0.4, -0.2) is 29.8 Å². The predicted molar refractivity (Wildman–Crippen MR) is 91.0 cm³/mol. The fraction of sp³-hybridized carbons (Fsp3) is 0.389. The number of hydrogen-bond donors (Lipinski definition) is 0. The Kier molecular flexibility index (Phi) is 2.99. The van der Waals surface area contributed by atoms with Gasteiger partial charge in [0.05, 0.1) is 29.5 Å². The second kappa shape index (κ2) is 4.90. The summed E-state index contributed by atoms with van der Waals surface area (Å²) in [5.41, 5.74) is 4.69. The minimum absolute atomic E-state index is 0.964. The van der Waals surface area contributed by atoms with E-state index in [9.17, 15) is 0 Å². The zero-order valence-corrected chi connectivity index (χ0v) is 13.4. The minimum atomic E-state index is 0.964. The molecular formula is C18H21N3O. The maximum absolute atomic E-state index is 5.68. The van der Waals surface area contributed by atoms with Gasteiger partial charge in [-0.1, -0.05) is 0 Å². The highest BCUT2D eigenvalue weighted by molar-refractivity contribution is 6.10. The van der Waals surface area contributed by atoms with E-state index < -0.39 is 0 Å². The van der Waals surface area contributed by atoms with Crippen molar-refractivity contribution in [1.29, 1.82) is 0 Å². The molecule has 3 aromatic rings. The molecular weight excluding hydrogens is 274 g/mol. The smallest absolute Gasteiger partial charge is 0.144 e. The van der Waals surface area contributed by atoms with Crippen molar-refractivity contribution in [1.82, 2.24) is 9.55 Å². The molecule has 114 valence electrons. The lowest BCUT2D eigenvalue weighted by Gasteiger charge is -2.21. The Morgan fingerprint density at radius 2 is 1.91 bits per heavy atom. The van der Waals surface area contributed by atoms with E-state index >= 15 is 0 Å². The molecule has 0 bridgehead atoms. The molecule has 3 heterocycles. The van der Waals surface area contributed by atoms with E-state index in [-0.39, 0.29) is 0 Å². The highest BCUT2D eigenvalue weighted by Crippen LogP contribution is 2.39. The summed E-state index contributed by atoms with van der Waals surface area (Å²) in [6, 6.07) is 6.58. The van der Waals surface area contributed by atoms with Crippen LogP contribution in [0, 0.1) is 6.92 Å². The van der Waals surface area contributed by atoms with E-state index in [1.54, 1.807) is 7.11 Å². The van der Waals surface area contributed by atoms with Crippen molar-refractivity contribution >= 4 is 27.5 Å². The van der Waals surface area contributed by atoms with E-state index in [0.717, 1.165) is 24.5 Å². The zero-order chi connectivity index (χ0) is 15.3. The van der Waals surface area contributed by atoms with Crippen LogP contribution in [0.1, 0.15) is 18.5 Å². The van der Waals surface area contributed by atoms with Crippen LogP contribution < -0.4 is 9.64 Å². The molecule has 22 heavy (non-hydrogen) atoms. The molecule has 1 fully saturated rings. The Bertz CT molecular complexity index is 860. The Morgan fingerprint density at radius 3 is 2.64 bits per heavy atom. The summed E-state index contributed by atoms with van der Waals surface area (Å²) in [4.78, 5) is 6.88. The third kappa shape index (κ3) is 1.79. The fourth-order valence-corrected chi connectivity index (χ4v) is 3.74. The van der Waals surface area contributed by atoms with E-state index in [2.05, 4.69) is 46.6 Å². The summed E-state index contributed by atoms with van der Waals surface area (Å²) >= 11 is 0. The van der Waals surface area contributed by atoms with Gasteiger partial charge in [0.1, 0.15) is 5.75 Å². The van der Waals surface area contributed by atoms with E-state index in [0.29, 0.717) is 0 Å². The van der Waals surface area contributed by atoms with Crippen LogP contribution in [-0.2, 0) is 7.05 Å². The molecule has 1 aliphatic rings. The lowest BCUT2D eigenvalue weighted by atomic mass is 10.1. The molecule has 4 rings (SSSR count). The number of fused-ring (bicyclic) bond motifs is 3. The number of hydrogen-bond acceptors (Lipinski definition) is 3. The number of pyridine rings is 1. The number of anilines is 1. The van der Waals surface area contributed by atoms with Crippen molar-refractivity contribution in [3.63, 3.8) is 0 Å². The Morgan fingerprint density at radius 1 is 1.14 bits per heavy atom. The van der Waals surface area contributed by atoms with E-state index in [1.165, 1.54) is 40.3 Å². The standard InChI is InChI=1S/C18H21N3O/c1-12-18-13(6-7-19-12)14-10-16(21-8-4-5-9-21)17(22-3)11-15(14)20(18)2/h6-7,10-11H,4-5,8-9H2,1-3H3. The molecule has 1 saturated heterocycles. The van der Waals surface area contributed by atoms with Crippen molar-refractivity contribution in [2.45, 2.75) is 19.8 Å². The largest absolute Gasteiger partial charge is 0.495 e. The molecule has 0 aliphatic carbocycles. The molecule has 0 radical (unpaired) electrons. The second-order valence-electron chi connectivity index (χ2n) is 6.09. The van der Waals surface area contributed by atoms with Crippen LogP contribution in [0.15, 0.2) is 24.4 Å². The van der Waals surface area contributed by atoms with Crippen LogP contribution in [0.25, 0.3) is 21.8 Å². The quantitative estimate of drug-likeness (QED) is 0.723. The average Bonchev–Trinajstić information content (AvgIpc) is 3.15. The van der Waals surface area contributed by atoms with Crippen LogP contribution in [0.3, 0.4) is 0 Å². The molecule has 4 nitrogen and oxygen atoms in total. The number of aromatic nitrogens is 2. The molecule has 2 aromatic heterocycles. The third-order valence-electron chi connectivity index (χ3n) is 4.84. The Labute approximate surface area is 130 Å². The number of nitrogens with zero attached hydrogens (tertiary/aromatic N) is 3. The first kappa shape index (κ1) is 13.4. The third-order valence-corrected chi connectivity index (χ3v) is 4.84. The van der Waals surface area contributed by atoms with Crippen LogP contribution in [0.5, 0.6) is 5.75 Å². The van der Waals surface area contributed by atoms with Gasteiger partial charge < -0.3 is 14.2 Å². The SMILES string of the molecule is COc1cc2c(cc1N1CCCC1)c1ccnc(C)c1n2C. The van der Waals surface area contributed by atoms with Gasteiger partial charge in [-0.05, 0) is 31.9 Å². The lowest BCUT2D eigenvalue weighted by Crippen LogP contribution is -2.18. The summed E-state index contributed by atoms with van der Waals surface area (Å²) < 4.78 is 7.90. The van der Waals surface area contributed by atoms with Crippen LogP contribution >= 0.6 is 0 Å². The van der Waals surface area contributed by atoms with Gasteiger partial charge in [0.2, 0.25) is 0 Å². The highest BCUT2D eigenvalue weighted by Gasteiger charge is 2.20. The van der Waals surface area contributed by atoms with Gasteiger partial charge in [-0.3, -0.25) is 4.98 Å². The average molecular weight is 295 g/mol. The maximum Gasteiger partial charge on any atom is 0.144 e. The topological polar surface area (TPSA) is 30.3 Å². The van der Waals surface area contributed by atoms with Gasteiger partial charge >= 0.3 is 0 Å². The Hall–Kier alpha value is -2.23. The second-order valence-corrected chi connectivity index (χ2v) is 6.09. The first-order valence-electron chi connectivity index (χ1n) is 7.87. The molecule has 0 atom stereocenters. The Balaban J connectivity index is 2.06. The van der Waals surface area contributed by atoms with Crippen LogP contribution in [0.2, 0.25) is 0 Å². The number of ether oxygens (including phenoxy) is 1. The van der Waals surface area contributed by atoms with Gasteiger partial charge in [0, 0.05) is 43.2 Å². The van der Waals surface area contributed by atoms with Gasteiger partial charge in [0.15, 0.2) is 0 Å². The van der Waals surface area contributed by atoms with Crippen molar-refractivity contribution in [3.05, 3.63) is 30.1 Å². The number of rotatable bonds is 2. The first-order valence-corrected chi connectivity index (χ1v) is 7.87. The van der Waals surface area contributed by atoms with E-state index in [1.807, 2.05) is 6.20 Å². The summed E-state index contributed by atoms with van der Waals surface area (Å²) in [6.45, 7) is 4.31. The van der Waals surface area contributed by atoms with Crippen molar-refractivity contribution in [2.24, 2.45) is 7.05 Å². The number of aryl methyl sites for hydroxylation is 2. The molecule has 0 N–H and O–H groups in total. The maximum atomic E-state index is 5.68. The normalized spacial score (nSPS) is 15.1. The molecule has 0 amide bonds. The molecule has 0 unspecified atom stereocenters. The lowest BCUT2D eigenvalue weighted by molar-refractivity contribution is 0.415. The van der Waals surface area contributed by atoms with Gasteiger partial charge in [-0.15, -0.1) is 0 Å². The zero-order valence-electron chi connectivity index (χ0n) is 13.4. The molecule has 0 spiro atoms. The van der Waals surface area contributed by atoms with Crippen molar-refractivity contribution < 1.29 is 4.74 Å². The molecule has 4 heteroatoms. The highest BCUT2D eigenvalue weighted by atomic mass is 16.5. The number of benzene rings is 1. The summed E-state index contributed by atoms with van der Waals surface area (Å²) in [7, 11) is 3.87. The summed E-state index contributed by atoms with van der Waals surface area (Å²) in [5, 5.41) is 2.55. The number of methoxy groups -OCH3 is 1. The molecule has 1 aromatic carbocycles. The monoisotopic (exact) mass is 295 g/mol. The summed E-state index contributed by atoms with van der Waals surface area (Å²) in [5.74, 6) is 0.964. The van der Waals surface area contributed by atoms with E-state index in [4.69, 9.17) is 4.74 Å². The molecule has 1 aliphatic heterocycles. The van der Waals surface area contributed by atoms with Gasteiger partial charge in [-0.25, -0.2) is 0 Å². The predicted octanol–water partition coefficient (Wildman–Crippen LogP) is 3.64. The van der Waals surface area contributed by atoms with Gasteiger partial charge in [0.25, 0.3) is 0 Å². The first-order chi connectivity index (χ1) is 10.7. The molecule has 0 saturated carbocycles. The van der Waals surface area contributed by atoms with Crippen molar-refractivity contribution in [2.75, 3.05) is 25.1 Å². The van der Waals surface area contributed by atoms with Crippen LogP contribution in [0.4, 0.5) is 5.69 Å². The minimum Gasteiger partial charge on any atom is -0.495 e.